The van der Waals surface area contributed by atoms with Gasteiger partial charge < -0.3 is 14.8 Å². The SMILES string of the molecule is CCn1c(SCC(=O)N(C)CC(=O)Nc2cc(C)ccc2C)nnc1C1CC1. The third-order valence-corrected chi connectivity index (χ3v) is 5.75. The third kappa shape index (κ3) is 4.92. The molecule has 1 heterocycles. The van der Waals surface area contributed by atoms with Crippen LogP contribution >= 0.6 is 11.8 Å². The van der Waals surface area contributed by atoms with Crippen molar-refractivity contribution in [1.82, 2.24) is 19.7 Å². The fourth-order valence-corrected chi connectivity index (χ4v) is 3.90. The molecule has 1 fully saturated rings. The number of aryl methyl sites for hydroxylation is 2. The van der Waals surface area contributed by atoms with Gasteiger partial charge in [-0.05, 0) is 50.8 Å². The number of anilines is 1. The summed E-state index contributed by atoms with van der Waals surface area (Å²) in [6.45, 7) is 6.79. The highest BCUT2D eigenvalue weighted by molar-refractivity contribution is 7.99. The van der Waals surface area contributed by atoms with Crippen molar-refractivity contribution in [2.24, 2.45) is 0 Å². The van der Waals surface area contributed by atoms with Gasteiger partial charge in [0.25, 0.3) is 0 Å². The third-order valence-electron chi connectivity index (χ3n) is 4.80. The number of hydrogen-bond acceptors (Lipinski definition) is 5. The number of aromatic nitrogens is 3. The van der Waals surface area contributed by atoms with E-state index in [0.29, 0.717) is 5.92 Å². The summed E-state index contributed by atoms with van der Waals surface area (Å²) in [4.78, 5) is 26.2. The zero-order chi connectivity index (χ0) is 20.3. The minimum atomic E-state index is -0.206. The molecule has 7 nitrogen and oxygen atoms in total. The largest absolute Gasteiger partial charge is 0.336 e. The molecule has 1 N–H and O–H groups in total. The van der Waals surface area contributed by atoms with E-state index < -0.39 is 0 Å². The summed E-state index contributed by atoms with van der Waals surface area (Å²) < 4.78 is 2.09. The molecule has 2 amide bonds. The molecule has 0 saturated heterocycles. The second kappa shape index (κ2) is 8.77. The van der Waals surface area contributed by atoms with Crippen LogP contribution in [0.25, 0.3) is 0 Å². The molecule has 0 spiro atoms. The Bertz CT molecular complexity index is 875. The number of hydrogen-bond donors (Lipinski definition) is 1. The molecule has 1 aliphatic carbocycles. The zero-order valence-corrected chi connectivity index (χ0v) is 17.7. The van der Waals surface area contributed by atoms with Crippen LogP contribution in [0.2, 0.25) is 0 Å². The number of nitrogens with one attached hydrogen (secondary N) is 1. The van der Waals surface area contributed by atoms with Gasteiger partial charge in [0.15, 0.2) is 5.16 Å². The van der Waals surface area contributed by atoms with E-state index in [9.17, 15) is 9.59 Å². The van der Waals surface area contributed by atoms with Crippen molar-refractivity contribution in [1.29, 1.82) is 0 Å². The van der Waals surface area contributed by atoms with Crippen molar-refractivity contribution in [3.8, 4) is 0 Å². The number of thioether (sulfide) groups is 1. The van der Waals surface area contributed by atoms with E-state index in [0.717, 1.165) is 34.3 Å². The molecule has 1 saturated carbocycles. The average molecular weight is 402 g/mol. The first kappa shape index (κ1) is 20.4. The number of benzene rings is 1. The number of nitrogens with zero attached hydrogens (tertiary/aromatic N) is 4. The topological polar surface area (TPSA) is 80.1 Å². The zero-order valence-electron chi connectivity index (χ0n) is 16.9. The smallest absolute Gasteiger partial charge is 0.243 e. The van der Waals surface area contributed by atoms with E-state index in [1.165, 1.54) is 29.5 Å². The summed E-state index contributed by atoms with van der Waals surface area (Å²) in [5.74, 6) is 1.46. The molecule has 3 rings (SSSR count). The predicted molar refractivity (Wildman–Crippen MR) is 111 cm³/mol. The Labute approximate surface area is 169 Å². The summed E-state index contributed by atoms with van der Waals surface area (Å²) in [6, 6.07) is 5.90. The molecular formula is C20H27N5O2S. The Morgan fingerprint density at radius 3 is 2.71 bits per heavy atom. The van der Waals surface area contributed by atoms with Crippen LogP contribution in [-0.4, -0.2) is 50.8 Å². The molecule has 0 unspecified atom stereocenters. The standard InChI is InChI=1S/C20H27N5O2S/c1-5-25-19(15-8-9-15)22-23-20(25)28-12-18(27)24(4)11-17(26)21-16-10-13(2)6-7-14(16)3/h6-7,10,15H,5,8-9,11-12H2,1-4H3,(H,21,26). The maximum atomic E-state index is 12.4. The van der Waals surface area contributed by atoms with Crippen LogP contribution in [-0.2, 0) is 16.1 Å². The minimum Gasteiger partial charge on any atom is -0.336 e. The Morgan fingerprint density at radius 1 is 1.29 bits per heavy atom. The molecule has 8 heteroatoms. The molecule has 0 atom stereocenters. The van der Waals surface area contributed by atoms with Crippen LogP contribution in [0, 0.1) is 13.8 Å². The van der Waals surface area contributed by atoms with Crippen molar-refractivity contribution in [2.45, 2.75) is 51.2 Å². The first-order valence-electron chi connectivity index (χ1n) is 9.56. The Hall–Kier alpha value is -2.35. The second-order valence-corrected chi connectivity index (χ2v) is 8.21. The van der Waals surface area contributed by atoms with E-state index in [1.54, 1.807) is 7.05 Å². The summed E-state index contributed by atoms with van der Waals surface area (Å²) in [5.41, 5.74) is 2.85. The lowest BCUT2D eigenvalue weighted by Gasteiger charge is -2.17. The van der Waals surface area contributed by atoms with E-state index in [1.807, 2.05) is 32.0 Å². The van der Waals surface area contributed by atoms with Crippen molar-refractivity contribution in [3.05, 3.63) is 35.2 Å². The second-order valence-electron chi connectivity index (χ2n) is 7.26. The fraction of sp³-hybridized carbons (Fsp3) is 0.500. The molecule has 1 aromatic carbocycles. The van der Waals surface area contributed by atoms with Gasteiger partial charge in [0.05, 0.1) is 12.3 Å². The number of carbonyl (C=O) groups excluding carboxylic acids is 2. The van der Waals surface area contributed by atoms with E-state index >= 15 is 0 Å². The number of amides is 2. The lowest BCUT2D eigenvalue weighted by Crippen LogP contribution is -2.36. The van der Waals surface area contributed by atoms with Gasteiger partial charge in [-0.2, -0.15) is 0 Å². The predicted octanol–water partition coefficient (Wildman–Crippen LogP) is 2.98. The van der Waals surface area contributed by atoms with Gasteiger partial charge in [0.2, 0.25) is 11.8 Å². The quantitative estimate of drug-likeness (QED) is 0.688. The van der Waals surface area contributed by atoms with Crippen molar-refractivity contribution >= 4 is 29.3 Å². The van der Waals surface area contributed by atoms with Gasteiger partial charge in [0.1, 0.15) is 5.82 Å². The van der Waals surface area contributed by atoms with E-state index in [2.05, 4.69) is 27.0 Å². The highest BCUT2D eigenvalue weighted by Crippen LogP contribution is 2.39. The molecule has 0 aliphatic heterocycles. The average Bonchev–Trinajstić information content (AvgIpc) is 3.42. The lowest BCUT2D eigenvalue weighted by molar-refractivity contribution is -0.131. The van der Waals surface area contributed by atoms with Crippen molar-refractivity contribution in [3.63, 3.8) is 0 Å². The molecule has 0 bridgehead atoms. The molecular weight excluding hydrogens is 374 g/mol. The van der Waals surface area contributed by atoms with Crippen LogP contribution < -0.4 is 5.32 Å². The molecule has 0 radical (unpaired) electrons. The lowest BCUT2D eigenvalue weighted by atomic mass is 10.1. The summed E-state index contributed by atoms with van der Waals surface area (Å²) >= 11 is 1.38. The van der Waals surface area contributed by atoms with Gasteiger partial charge in [-0.15, -0.1) is 10.2 Å². The van der Waals surface area contributed by atoms with Crippen LogP contribution in [0.3, 0.4) is 0 Å². The Kier molecular flexibility index (Phi) is 6.39. The van der Waals surface area contributed by atoms with Crippen molar-refractivity contribution in [2.75, 3.05) is 24.7 Å². The molecule has 1 aliphatic rings. The van der Waals surface area contributed by atoms with Crippen LogP contribution in [0.15, 0.2) is 23.4 Å². The van der Waals surface area contributed by atoms with Gasteiger partial charge in [0, 0.05) is 25.2 Å². The maximum Gasteiger partial charge on any atom is 0.243 e. The molecule has 1 aromatic heterocycles. The monoisotopic (exact) mass is 401 g/mol. The number of rotatable bonds is 8. The van der Waals surface area contributed by atoms with Crippen LogP contribution in [0.4, 0.5) is 5.69 Å². The van der Waals surface area contributed by atoms with Gasteiger partial charge >= 0.3 is 0 Å². The van der Waals surface area contributed by atoms with Gasteiger partial charge in [-0.1, -0.05) is 23.9 Å². The van der Waals surface area contributed by atoms with Crippen LogP contribution in [0.5, 0.6) is 0 Å². The Morgan fingerprint density at radius 2 is 2.04 bits per heavy atom. The Balaban J connectivity index is 1.52. The maximum absolute atomic E-state index is 12.4. The highest BCUT2D eigenvalue weighted by atomic mass is 32.2. The van der Waals surface area contributed by atoms with Gasteiger partial charge in [-0.3, -0.25) is 9.59 Å². The number of carbonyl (C=O) groups is 2. The normalized spacial score (nSPS) is 13.4. The van der Waals surface area contributed by atoms with E-state index in [-0.39, 0.29) is 24.1 Å². The highest BCUT2D eigenvalue weighted by Gasteiger charge is 2.30. The van der Waals surface area contributed by atoms with E-state index in [4.69, 9.17) is 0 Å². The fourth-order valence-electron chi connectivity index (χ4n) is 2.95. The number of likely N-dealkylation sites (N-methyl/N-ethyl adjacent to an activating group) is 1. The molecule has 2 aromatic rings. The van der Waals surface area contributed by atoms with Crippen molar-refractivity contribution < 1.29 is 9.59 Å². The van der Waals surface area contributed by atoms with Crippen LogP contribution in [0.1, 0.15) is 42.6 Å². The summed E-state index contributed by atoms with van der Waals surface area (Å²) in [7, 11) is 1.64. The minimum absolute atomic E-state index is 0.0145. The molecule has 28 heavy (non-hydrogen) atoms. The first-order chi connectivity index (χ1) is 13.4. The summed E-state index contributed by atoms with van der Waals surface area (Å²) in [5, 5.41) is 12.2. The van der Waals surface area contributed by atoms with Gasteiger partial charge in [-0.25, -0.2) is 0 Å². The summed E-state index contributed by atoms with van der Waals surface area (Å²) in [6.07, 6.45) is 2.33. The first-order valence-corrected chi connectivity index (χ1v) is 10.5. The molecule has 150 valence electrons.